The molecule has 0 bridgehead atoms. The van der Waals surface area contributed by atoms with Crippen LogP contribution in [0.25, 0.3) is 0 Å². The highest BCUT2D eigenvalue weighted by atomic mass is 16.2. The lowest BCUT2D eigenvalue weighted by molar-refractivity contribution is -0.139. The Morgan fingerprint density at radius 3 is 2.34 bits per heavy atom. The lowest BCUT2D eigenvalue weighted by Gasteiger charge is -2.27. The molecule has 1 saturated heterocycles. The van der Waals surface area contributed by atoms with Crippen LogP contribution in [0.3, 0.4) is 0 Å². The number of likely N-dealkylation sites (tertiary alicyclic amines) is 1. The maximum Gasteiger partial charge on any atom is 0.243 e. The number of carbonyl (C=O) groups is 2. The van der Waals surface area contributed by atoms with E-state index in [4.69, 9.17) is 11.5 Å². The molecule has 4 rings (SSSR count). The molecular formula is C28H33N5O2. The Labute approximate surface area is 206 Å². The molecule has 0 radical (unpaired) electrons. The van der Waals surface area contributed by atoms with Gasteiger partial charge in [0, 0.05) is 37.9 Å². The number of hydrogen-bond acceptors (Lipinski definition) is 5. The number of hydrogen-bond donors (Lipinski definition) is 3. The molecule has 1 aliphatic heterocycles. The van der Waals surface area contributed by atoms with E-state index in [-0.39, 0.29) is 17.7 Å². The average Bonchev–Trinajstić information content (AvgIpc) is 3.37. The van der Waals surface area contributed by atoms with Crippen LogP contribution in [-0.2, 0) is 29.1 Å². The Morgan fingerprint density at radius 1 is 0.971 bits per heavy atom. The summed E-state index contributed by atoms with van der Waals surface area (Å²) in [5.41, 5.74) is 16.2. The maximum atomic E-state index is 13.4. The van der Waals surface area contributed by atoms with Gasteiger partial charge in [-0.1, -0.05) is 54.6 Å². The summed E-state index contributed by atoms with van der Waals surface area (Å²) in [6.45, 7) is 1.33. The van der Waals surface area contributed by atoms with E-state index in [1.165, 1.54) is 0 Å². The van der Waals surface area contributed by atoms with Crippen LogP contribution in [-0.4, -0.2) is 40.3 Å². The zero-order valence-corrected chi connectivity index (χ0v) is 19.8. The fourth-order valence-electron chi connectivity index (χ4n) is 4.61. The Kier molecular flexibility index (Phi) is 8.23. The molecule has 1 fully saturated rings. The van der Waals surface area contributed by atoms with Gasteiger partial charge in [0.05, 0.1) is 6.04 Å². The van der Waals surface area contributed by atoms with Crippen LogP contribution < -0.4 is 16.8 Å². The minimum atomic E-state index is -0.662. The molecule has 7 heteroatoms. The first-order valence-electron chi connectivity index (χ1n) is 12.1. The zero-order chi connectivity index (χ0) is 24.6. The van der Waals surface area contributed by atoms with Crippen molar-refractivity contribution >= 4 is 11.8 Å². The van der Waals surface area contributed by atoms with Crippen LogP contribution in [0.4, 0.5) is 0 Å². The monoisotopic (exact) mass is 471 g/mol. The van der Waals surface area contributed by atoms with Crippen molar-refractivity contribution in [3.05, 3.63) is 101 Å². The maximum absolute atomic E-state index is 13.4. The highest BCUT2D eigenvalue weighted by Gasteiger charge is 2.41. The summed E-state index contributed by atoms with van der Waals surface area (Å²) in [5.74, 6) is -0.277. The smallest absolute Gasteiger partial charge is 0.243 e. The zero-order valence-electron chi connectivity index (χ0n) is 19.8. The molecule has 1 aromatic heterocycles. The Hall–Kier alpha value is -3.55. The minimum Gasteiger partial charge on any atom is -0.350 e. The van der Waals surface area contributed by atoms with E-state index >= 15 is 0 Å². The third-order valence-electron chi connectivity index (χ3n) is 6.69. The van der Waals surface area contributed by atoms with E-state index in [1.54, 1.807) is 17.3 Å². The lowest BCUT2D eigenvalue weighted by atomic mass is 9.97. The van der Waals surface area contributed by atoms with E-state index in [2.05, 4.69) is 10.3 Å². The van der Waals surface area contributed by atoms with Gasteiger partial charge < -0.3 is 21.7 Å². The summed E-state index contributed by atoms with van der Waals surface area (Å²) < 4.78 is 0. The van der Waals surface area contributed by atoms with Crippen molar-refractivity contribution in [1.82, 2.24) is 15.2 Å². The van der Waals surface area contributed by atoms with E-state index in [0.717, 1.165) is 22.3 Å². The number of aromatic nitrogens is 1. The normalized spacial score (nSPS) is 18.3. The second-order valence-electron chi connectivity index (χ2n) is 9.09. The molecular weight excluding hydrogens is 438 g/mol. The van der Waals surface area contributed by atoms with Gasteiger partial charge in [-0.3, -0.25) is 14.6 Å². The molecule has 2 amide bonds. The van der Waals surface area contributed by atoms with Crippen molar-refractivity contribution in [1.29, 1.82) is 0 Å². The SMILES string of the molecule is NCc1ccc(CNC(=O)C2CC(c3ccncc3)CN2C(=O)C(N)CCc2ccccc2)cc1. The molecule has 3 aromatic rings. The summed E-state index contributed by atoms with van der Waals surface area (Å²) in [7, 11) is 0. The highest BCUT2D eigenvalue weighted by Crippen LogP contribution is 2.32. The molecule has 5 N–H and O–H groups in total. The van der Waals surface area contributed by atoms with Crippen molar-refractivity contribution in [2.24, 2.45) is 11.5 Å². The standard InChI is InChI=1S/C28H33N5O2/c29-17-21-6-8-22(9-7-21)18-32-27(34)26-16-24(23-12-14-31-15-13-23)19-33(26)28(35)25(30)11-10-20-4-2-1-3-5-20/h1-9,12-15,24-26H,10-11,16-19,29-30H2,(H,32,34). The first-order valence-corrected chi connectivity index (χ1v) is 12.1. The number of nitrogens with zero attached hydrogens (tertiary/aromatic N) is 2. The number of nitrogens with two attached hydrogens (primary N) is 2. The summed E-state index contributed by atoms with van der Waals surface area (Å²) in [4.78, 5) is 32.4. The molecule has 3 unspecified atom stereocenters. The van der Waals surface area contributed by atoms with Crippen LogP contribution in [0.1, 0.15) is 41.0 Å². The van der Waals surface area contributed by atoms with Crippen molar-refractivity contribution in [3.63, 3.8) is 0 Å². The molecule has 1 aliphatic rings. The van der Waals surface area contributed by atoms with Gasteiger partial charge >= 0.3 is 0 Å². The number of rotatable bonds is 9. The minimum absolute atomic E-state index is 0.0582. The van der Waals surface area contributed by atoms with Crippen LogP contribution in [0.5, 0.6) is 0 Å². The van der Waals surface area contributed by atoms with E-state index in [0.29, 0.717) is 38.9 Å². The Morgan fingerprint density at radius 2 is 1.66 bits per heavy atom. The third kappa shape index (κ3) is 6.32. The van der Waals surface area contributed by atoms with E-state index in [1.807, 2.05) is 66.7 Å². The molecule has 35 heavy (non-hydrogen) atoms. The third-order valence-corrected chi connectivity index (χ3v) is 6.69. The molecule has 2 heterocycles. The van der Waals surface area contributed by atoms with Crippen molar-refractivity contribution in [2.45, 2.75) is 50.4 Å². The van der Waals surface area contributed by atoms with Crippen molar-refractivity contribution in [3.8, 4) is 0 Å². The number of aryl methyl sites for hydroxylation is 1. The van der Waals surface area contributed by atoms with Gasteiger partial charge in [-0.25, -0.2) is 0 Å². The molecule has 0 spiro atoms. The van der Waals surface area contributed by atoms with Crippen LogP contribution in [0.2, 0.25) is 0 Å². The average molecular weight is 472 g/mol. The first-order chi connectivity index (χ1) is 17.0. The number of carbonyl (C=O) groups excluding carboxylic acids is 2. The van der Waals surface area contributed by atoms with Crippen LogP contribution in [0, 0.1) is 0 Å². The predicted octanol–water partition coefficient (Wildman–Crippen LogP) is 2.50. The van der Waals surface area contributed by atoms with Crippen LogP contribution >= 0.6 is 0 Å². The number of nitrogens with one attached hydrogen (secondary N) is 1. The summed E-state index contributed by atoms with van der Waals surface area (Å²) >= 11 is 0. The first kappa shape index (κ1) is 24.6. The topological polar surface area (TPSA) is 114 Å². The van der Waals surface area contributed by atoms with Crippen LogP contribution in [0.15, 0.2) is 79.1 Å². The quantitative estimate of drug-likeness (QED) is 0.444. The van der Waals surface area contributed by atoms with E-state index in [9.17, 15) is 9.59 Å². The largest absolute Gasteiger partial charge is 0.350 e. The van der Waals surface area contributed by atoms with Gasteiger partial charge in [-0.15, -0.1) is 0 Å². The Bertz CT molecular complexity index is 1110. The van der Waals surface area contributed by atoms with Gasteiger partial charge in [0.25, 0.3) is 0 Å². The molecule has 3 atom stereocenters. The van der Waals surface area contributed by atoms with Gasteiger partial charge in [0.15, 0.2) is 0 Å². The molecule has 2 aromatic carbocycles. The molecule has 0 saturated carbocycles. The second-order valence-corrected chi connectivity index (χ2v) is 9.09. The fraction of sp³-hybridized carbons (Fsp3) is 0.321. The summed E-state index contributed by atoms with van der Waals surface area (Å²) in [5, 5.41) is 3.01. The van der Waals surface area contributed by atoms with Gasteiger partial charge in [0.2, 0.25) is 11.8 Å². The number of pyridine rings is 1. The van der Waals surface area contributed by atoms with Crippen molar-refractivity contribution < 1.29 is 9.59 Å². The molecule has 0 aliphatic carbocycles. The molecule has 7 nitrogen and oxygen atoms in total. The van der Waals surface area contributed by atoms with Gasteiger partial charge in [-0.05, 0) is 53.6 Å². The summed E-state index contributed by atoms with van der Waals surface area (Å²) in [6, 6.07) is 20.5. The Balaban J connectivity index is 1.44. The second kappa shape index (κ2) is 11.7. The van der Waals surface area contributed by atoms with E-state index < -0.39 is 12.1 Å². The predicted molar refractivity (Wildman–Crippen MR) is 136 cm³/mol. The van der Waals surface area contributed by atoms with Gasteiger partial charge in [0.1, 0.15) is 6.04 Å². The number of amides is 2. The fourth-order valence-corrected chi connectivity index (χ4v) is 4.61. The number of benzene rings is 2. The van der Waals surface area contributed by atoms with Crippen molar-refractivity contribution in [2.75, 3.05) is 6.54 Å². The molecule has 182 valence electrons. The van der Waals surface area contributed by atoms with Gasteiger partial charge in [-0.2, -0.15) is 0 Å². The summed E-state index contributed by atoms with van der Waals surface area (Å²) in [6.07, 6.45) is 5.28. The lowest BCUT2D eigenvalue weighted by Crippen LogP contribution is -2.51. The highest BCUT2D eigenvalue weighted by molar-refractivity contribution is 5.90.